The van der Waals surface area contributed by atoms with Crippen LogP contribution in [-0.2, 0) is 19.1 Å². The molecule has 0 aromatic carbocycles. The van der Waals surface area contributed by atoms with Crippen molar-refractivity contribution in [3.05, 3.63) is 11.0 Å². The molecular weight excluding hydrogens is 246 g/mol. The van der Waals surface area contributed by atoms with Crippen LogP contribution >= 0.6 is 11.8 Å². The summed E-state index contributed by atoms with van der Waals surface area (Å²) in [5, 5.41) is 9.09. The van der Waals surface area contributed by atoms with Crippen LogP contribution in [0.3, 0.4) is 0 Å². The van der Waals surface area contributed by atoms with E-state index in [-0.39, 0.29) is 11.3 Å². The molecule has 1 amide bonds. The topological polar surface area (TPSA) is 83.9 Å². The molecule has 17 heavy (non-hydrogen) atoms. The van der Waals surface area contributed by atoms with Crippen molar-refractivity contribution in [3.8, 4) is 0 Å². The van der Waals surface area contributed by atoms with Gasteiger partial charge in [-0.15, -0.1) is 11.8 Å². The van der Waals surface area contributed by atoms with Gasteiger partial charge in [0.25, 0.3) is 0 Å². The third kappa shape index (κ3) is 1.53. The fourth-order valence-corrected chi connectivity index (χ4v) is 3.48. The summed E-state index contributed by atoms with van der Waals surface area (Å²) >= 11 is 1.23. The smallest absolute Gasteiger partial charge is 0.334 e. The Labute approximate surface area is 102 Å². The molecule has 2 aliphatic heterocycles. The summed E-state index contributed by atoms with van der Waals surface area (Å²) in [7, 11) is 1.22. The summed E-state index contributed by atoms with van der Waals surface area (Å²) in [5.74, 6) is -1.97. The minimum absolute atomic E-state index is 0.181. The van der Waals surface area contributed by atoms with Crippen LogP contribution in [-0.4, -0.2) is 45.9 Å². The lowest BCUT2D eigenvalue weighted by Crippen LogP contribution is -2.60. The normalized spacial score (nSPS) is 33.3. The Kier molecular flexibility index (Phi) is 2.65. The summed E-state index contributed by atoms with van der Waals surface area (Å²) in [6, 6.07) is 0. The van der Waals surface area contributed by atoms with Crippen molar-refractivity contribution >= 4 is 29.6 Å². The van der Waals surface area contributed by atoms with Crippen molar-refractivity contribution < 1.29 is 24.2 Å². The number of thioether (sulfide) groups is 1. The van der Waals surface area contributed by atoms with E-state index >= 15 is 0 Å². The summed E-state index contributed by atoms with van der Waals surface area (Å²) in [5.41, 5.74) is -1.45. The second-order valence-electron chi connectivity index (χ2n) is 3.95. The first-order valence-electron chi connectivity index (χ1n) is 4.93. The number of ether oxygens (including phenoxy) is 1. The van der Waals surface area contributed by atoms with Gasteiger partial charge in [-0.1, -0.05) is 0 Å². The molecular formula is C10H11NO5S. The van der Waals surface area contributed by atoms with E-state index in [0.717, 1.165) is 6.08 Å². The van der Waals surface area contributed by atoms with Gasteiger partial charge < -0.3 is 14.7 Å². The van der Waals surface area contributed by atoms with Crippen LogP contribution in [0.4, 0.5) is 0 Å². The van der Waals surface area contributed by atoms with Gasteiger partial charge in [-0.2, -0.15) is 0 Å². The van der Waals surface area contributed by atoms with Crippen molar-refractivity contribution in [2.45, 2.75) is 24.3 Å². The molecule has 0 spiro atoms. The lowest BCUT2D eigenvalue weighted by Gasteiger charge is -2.41. The maximum Gasteiger partial charge on any atom is 0.334 e. The van der Waals surface area contributed by atoms with Crippen LogP contribution in [0.2, 0.25) is 0 Å². The predicted molar refractivity (Wildman–Crippen MR) is 59.0 cm³/mol. The van der Waals surface area contributed by atoms with Crippen molar-refractivity contribution in [3.63, 3.8) is 0 Å². The lowest BCUT2D eigenvalue weighted by atomic mass is 9.94. The molecule has 2 fully saturated rings. The minimum Gasteiger partial charge on any atom is -0.479 e. The van der Waals surface area contributed by atoms with Crippen molar-refractivity contribution in [1.82, 2.24) is 4.90 Å². The van der Waals surface area contributed by atoms with Crippen LogP contribution in [0, 0.1) is 0 Å². The van der Waals surface area contributed by atoms with E-state index in [1.807, 2.05) is 0 Å². The van der Waals surface area contributed by atoms with E-state index in [4.69, 9.17) is 0 Å². The lowest BCUT2D eigenvalue weighted by molar-refractivity contribution is -0.161. The molecule has 92 valence electrons. The Morgan fingerprint density at radius 2 is 2.29 bits per heavy atom. The molecule has 2 aliphatic rings. The molecule has 2 atom stereocenters. The van der Waals surface area contributed by atoms with Gasteiger partial charge in [0.1, 0.15) is 0 Å². The minimum atomic E-state index is -1.45. The van der Waals surface area contributed by atoms with E-state index in [2.05, 4.69) is 4.74 Å². The predicted octanol–water partition coefficient (Wildman–Crippen LogP) is 0.192. The Bertz CT molecular complexity index is 446. The number of hydrogen-bond donors (Lipinski definition) is 1. The first kappa shape index (κ1) is 12.0. The summed E-state index contributed by atoms with van der Waals surface area (Å²) in [4.78, 5) is 35.6. The third-order valence-corrected chi connectivity index (χ3v) is 4.42. The molecule has 1 N–H and O–H groups in total. The Morgan fingerprint density at radius 1 is 1.65 bits per heavy atom. The van der Waals surface area contributed by atoms with Gasteiger partial charge in [-0.05, 0) is 6.92 Å². The highest BCUT2D eigenvalue weighted by Crippen LogP contribution is 2.52. The van der Waals surface area contributed by atoms with E-state index in [0.29, 0.717) is 11.3 Å². The number of carbonyl (C=O) groups is 3. The average Bonchev–Trinajstić information content (AvgIpc) is 2.47. The Morgan fingerprint density at radius 3 is 2.76 bits per heavy atom. The number of rotatable bonds is 2. The summed E-state index contributed by atoms with van der Waals surface area (Å²) < 4.78 is 4.48. The number of β-lactam (4-membered cyclic amide) rings is 1. The van der Waals surface area contributed by atoms with Gasteiger partial charge in [0.05, 0.1) is 18.9 Å². The molecule has 6 nitrogen and oxygen atoms in total. The molecule has 0 bridgehead atoms. The third-order valence-electron chi connectivity index (χ3n) is 3.00. The maximum absolute atomic E-state index is 11.4. The monoisotopic (exact) mass is 257 g/mol. The first-order chi connectivity index (χ1) is 7.91. The number of methoxy groups -OCH3 is 1. The largest absolute Gasteiger partial charge is 0.479 e. The number of carboxylic acids is 1. The van der Waals surface area contributed by atoms with E-state index in [1.54, 1.807) is 0 Å². The van der Waals surface area contributed by atoms with E-state index in [9.17, 15) is 19.5 Å². The molecule has 7 heteroatoms. The number of esters is 1. The number of nitrogens with zero attached hydrogens (tertiary/aromatic N) is 1. The number of amides is 1. The molecule has 0 aliphatic carbocycles. The zero-order valence-corrected chi connectivity index (χ0v) is 10.1. The van der Waals surface area contributed by atoms with Crippen LogP contribution in [0.25, 0.3) is 0 Å². The fraction of sp³-hybridized carbons (Fsp3) is 0.500. The zero-order valence-electron chi connectivity index (χ0n) is 9.30. The molecule has 0 aromatic heterocycles. The van der Waals surface area contributed by atoms with Gasteiger partial charge in [0.2, 0.25) is 5.91 Å². The first-order valence-corrected chi connectivity index (χ1v) is 5.81. The van der Waals surface area contributed by atoms with Gasteiger partial charge in [-0.3, -0.25) is 4.79 Å². The number of carboxylic acid groups (broad SMARTS) is 1. The van der Waals surface area contributed by atoms with Crippen molar-refractivity contribution in [2.24, 2.45) is 0 Å². The van der Waals surface area contributed by atoms with Crippen LogP contribution in [0.15, 0.2) is 11.0 Å². The summed E-state index contributed by atoms with van der Waals surface area (Å²) in [6.45, 7) is 1.42. The van der Waals surface area contributed by atoms with Crippen LogP contribution in [0.5, 0.6) is 0 Å². The van der Waals surface area contributed by atoms with E-state index in [1.165, 1.54) is 30.7 Å². The average molecular weight is 257 g/mol. The Balaban J connectivity index is 2.40. The van der Waals surface area contributed by atoms with Crippen molar-refractivity contribution in [2.75, 3.05) is 7.11 Å². The summed E-state index contributed by atoms with van der Waals surface area (Å²) in [6.07, 6.45) is 1.45. The highest BCUT2D eigenvalue weighted by atomic mass is 32.2. The van der Waals surface area contributed by atoms with Crippen molar-refractivity contribution in [1.29, 1.82) is 0 Å². The number of fused-ring (bicyclic) bond motifs is 1. The highest BCUT2D eigenvalue weighted by molar-refractivity contribution is 8.04. The fourth-order valence-electron chi connectivity index (χ4n) is 1.95. The number of hydrogen-bond acceptors (Lipinski definition) is 5. The SMILES string of the molecule is COC(=O)/C=C1/S[C@@H]2CC(=O)N2[C@]1(C)C(=O)O. The Hall–Kier alpha value is -1.50. The molecule has 2 rings (SSSR count). The molecule has 0 aromatic rings. The van der Waals surface area contributed by atoms with Gasteiger partial charge in [0.15, 0.2) is 5.54 Å². The van der Waals surface area contributed by atoms with E-state index < -0.39 is 17.5 Å². The maximum atomic E-state index is 11.4. The molecule has 0 saturated carbocycles. The molecule has 2 heterocycles. The molecule has 0 unspecified atom stereocenters. The van der Waals surface area contributed by atoms with Crippen LogP contribution < -0.4 is 0 Å². The quantitative estimate of drug-likeness (QED) is 0.432. The standard InChI is InChI=1S/C10H11NO5S/c1-10(9(14)15)5(3-8(13)16-2)17-7-4-6(12)11(7)10/h3,7H,4H2,1-2H3,(H,14,15)/b5-3+/t7-,10+/m1/s1. The number of aliphatic carboxylic acids is 1. The van der Waals surface area contributed by atoms with Gasteiger partial charge in [-0.25, -0.2) is 9.59 Å². The molecule has 0 radical (unpaired) electrons. The highest BCUT2D eigenvalue weighted by Gasteiger charge is 2.60. The van der Waals surface area contributed by atoms with Gasteiger partial charge in [0, 0.05) is 11.0 Å². The van der Waals surface area contributed by atoms with Gasteiger partial charge >= 0.3 is 11.9 Å². The van der Waals surface area contributed by atoms with Crippen LogP contribution in [0.1, 0.15) is 13.3 Å². The number of carbonyl (C=O) groups excluding carboxylic acids is 2. The molecule has 2 saturated heterocycles. The zero-order chi connectivity index (χ0) is 12.8. The second-order valence-corrected chi connectivity index (χ2v) is 5.17. The second kappa shape index (κ2) is 3.76.